The average Bonchev–Trinajstić information content (AvgIpc) is 2.75. The van der Waals surface area contributed by atoms with E-state index in [9.17, 15) is 19.5 Å². The zero-order valence-corrected chi connectivity index (χ0v) is 20.6. The number of allylic oxidation sites excluding steroid dienone is 4. The number of hydrogen-bond donors (Lipinski definition) is 1. The van der Waals surface area contributed by atoms with Crippen LogP contribution in [0.2, 0.25) is 0 Å². The second-order valence-corrected chi connectivity index (χ2v) is 9.62. The van der Waals surface area contributed by atoms with Gasteiger partial charge in [0, 0.05) is 18.8 Å². The second-order valence-electron chi connectivity index (χ2n) is 9.62. The number of carbonyl (C=O) groups excluding carboxylic acids is 3. The lowest BCUT2D eigenvalue weighted by Gasteiger charge is -2.26. The van der Waals surface area contributed by atoms with E-state index in [1.165, 1.54) is 19.3 Å². The molecule has 0 aromatic carbocycles. The van der Waals surface area contributed by atoms with Gasteiger partial charge in [-0.3, -0.25) is 9.59 Å². The maximum atomic E-state index is 12.7. The fourth-order valence-corrected chi connectivity index (χ4v) is 4.29. The summed E-state index contributed by atoms with van der Waals surface area (Å²) in [5, 5.41) is 10.7. The van der Waals surface area contributed by atoms with Crippen LogP contribution in [0.3, 0.4) is 0 Å². The molecule has 0 aromatic rings. The number of unbranched alkanes of at least 4 members (excludes halogenated alkanes) is 3. The number of rotatable bonds is 8. The highest BCUT2D eigenvalue weighted by Gasteiger charge is 2.26. The Morgan fingerprint density at radius 1 is 1.09 bits per heavy atom. The lowest BCUT2D eigenvalue weighted by Crippen LogP contribution is -2.29. The number of aliphatic hydroxyl groups is 1. The lowest BCUT2D eigenvalue weighted by atomic mass is 9.86. The Labute approximate surface area is 194 Å². The third-order valence-corrected chi connectivity index (χ3v) is 6.50. The minimum atomic E-state index is -0.748. The van der Waals surface area contributed by atoms with E-state index >= 15 is 0 Å². The molecule has 182 valence electrons. The number of Topliss-reactive ketones (excluding diaryl/α,β-unsaturated/α-hetero) is 1. The van der Waals surface area contributed by atoms with Gasteiger partial charge in [-0.15, -0.1) is 0 Å². The molecule has 0 saturated carbocycles. The molecule has 1 N–H and O–H groups in total. The summed E-state index contributed by atoms with van der Waals surface area (Å²) in [4.78, 5) is 36.1. The first-order valence-electron chi connectivity index (χ1n) is 12.4. The van der Waals surface area contributed by atoms with Crippen LogP contribution in [0.25, 0.3) is 0 Å². The molecule has 1 aliphatic carbocycles. The van der Waals surface area contributed by atoms with Gasteiger partial charge in [0.15, 0.2) is 5.78 Å². The summed E-state index contributed by atoms with van der Waals surface area (Å²) in [6, 6.07) is 0. The smallest absolute Gasteiger partial charge is 0.158 e. The Kier molecular flexibility index (Phi) is 14.3. The summed E-state index contributed by atoms with van der Waals surface area (Å²) in [6.45, 7) is 7.90. The van der Waals surface area contributed by atoms with Crippen molar-refractivity contribution in [1.82, 2.24) is 0 Å². The SMILES string of the molecule is CCCCCCC1C/C=C(C)\C=C/C(=O)C(C)CC(OCC=O)CC(C)C(O)CC(=O)C1. The van der Waals surface area contributed by atoms with Crippen LogP contribution in [0, 0.1) is 17.8 Å². The van der Waals surface area contributed by atoms with Crippen molar-refractivity contribution >= 4 is 17.9 Å². The molecule has 0 spiro atoms. The van der Waals surface area contributed by atoms with Crippen LogP contribution in [0.1, 0.15) is 91.9 Å². The number of ether oxygens (including phenoxy) is 1. The molecule has 1 rings (SSSR count). The molecular formula is C27H44O5. The third-order valence-electron chi connectivity index (χ3n) is 6.50. The van der Waals surface area contributed by atoms with Crippen molar-refractivity contribution in [2.24, 2.45) is 17.8 Å². The molecule has 32 heavy (non-hydrogen) atoms. The van der Waals surface area contributed by atoms with Crippen molar-refractivity contribution in [2.45, 2.75) is 104 Å². The minimum absolute atomic E-state index is 0.0315. The van der Waals surface area contributed by atoms with Crippen molar-refractivity contribution in [2.75, 3.05) is 6.61 Å². The molecule has 0 bridgehead atoms. The topological polar surface area (TPSA) is 80.7 Å². The summed E-state index contributed by atoms with van der Waals surface area (Å²) in [5.41, 5.74) is 1.02. The number of aliphatic hydroxyl groups excluding tert-OH is 1. The first-order valence-corrected chi connectivity index (χ1v) is 12.4. The third kappa shape index (κ3) is 11.9. The molecule has 0 heterocycles. The number of carbonyl (C=O) groups is 3. The minimum Gasteiger partial charge on any atom is -0.392 e. The Bertz CT molecular complexity index is 636. The van der Waals surface area contributed by atoms with E-state index in [0.717, 1.165) is 24.8 Å². The Hall–Kier alpha value is -1.59. The van der Waals surface area contributed by atoms with Gasteiger partial charge in [0.05, 0.1) is 12.2 Å². The summed E-state index contributed by atoms with van der Waals surface area (Å²) in [7, 11) is 0. The molecule has 5 nitrogen and oxygen atoms in total. The van der Waals surface area contributed by atoms with E-state index < -0.39 is 6.10 Å². The molecule has 5 heteroatoms. The van der Waals surface area contributed by atoms with Crippen LogP contribution in [-0.2, 0) is 19.1 Å². The van der Waals surface area contributed by atoms with Gasteiger partial charge in [0.1, 0.15) is 18.7 Å². The first-order chi connectivity index (χ1) is 15.3. The van der Waals surface area contributed by atoms with Crippen molar-refractivity contribution in [3.05, 3.63) is 23.8 Å². The molecule has 0 amide bonds. The number of hydrogen-bond acceptors (Lipinski definition) is 5. The van der Waals surface area contributed by atoms with E-state index in [2.05, 4.69) is 13.0 Å². The molecule has 0 aliphatic heterocycles. The monoisotopic (exact) mass is 448 g/mol. The highest BCUT2D eigenvalue weighted by molar-refractivity contribution is 5.91. The number of ketones is 2. The van der Waals surface area contributed by atoms with Gasteiger partial charge in [0.25, 0.3) is 0 Å². The Morgan fingerprint density at radius 3 is 2.53 bits per heavy atom. The summed E-state index contributed by atoms with van der Waals surface area (Å²) in [5.74, 6) is -0.0136. The van der Waals surface area contributed by atoms with Crippen LogP contribution in [-0.4, -0.2) is 41.8 Å². The summed E-state index contributed by atoms with van der Waals surface area (Å²) < 4.78 is 5.65. The van der Waals surface area contributed by atoms with Gasteiger partial charge in [0.2, 0.25) is 0 Å². The molecule has 5 atom stereocenters. The fourth-order valence-electron chi connectivity index (χ4n) is 4.29. The van der Waals surface area contributed by atoms with Crippen molar-refractivity contribution in [1.29, 1.82) is 0 Å². The lowest BCUT2D eigenvalue weighted by molar-refractivity contribution is -0.122. The highest BCUT2D eigenvalue weighted by Crippen LogP contribution is 2.25. The molecule has 5 unspecified atom stereocenters. The van der Waals surface area contributed by atoms with Gasteiger partial charge in [-0.05, 0) is 50.5 Å². The molecule has 0 saturated heterocycles. The molecule has 0 fully saturated rings. The van der Waals surface area contributed by atoms with Crippen LogP contribution in [0.15, 0.2) is 23.8 Å². The van der Waals surface area contributed by atoms with Crippen molar-refractivity contribution in [3.63, 3.8) is 0 Å². The first kappa shape index (κ1) is 28.4. The van der Waals surface area contributed by atoms with E-state index in [1.807, 2.05) is 26.8 Å². The van der Waals surface area contributed by atoms with Gasteiger partial charge < -0.3 is 14.6 Å². The largest absolute Gasteiger partial charge is 0.392 e. The molecular weight excluding hydrogens is 404 g/mol. The van der Waals surface area contributed by atoms with E-state index in [-0.39, 0.29) is 48.5 Å². The van der Waals surface area contributed by atoms with Crippen LogP contribution >= 0.6 is 0 Å². The van der Waals surface area contributed by atoms with Crippen molar-refractivity contribution < 1.29 is 24.2 Å². The predicted octanol–water partition coefficient (Wildman–Crippen LogP) is 5.40. The highest BCUT2D eigenvalue weighted by atomic mass is 16.5. The maximum absolute atomic E-state index is 12.7. The Morgan fingerprint density at radius 2 is 1.84 bits per heavy atom. The number of aldehydes is 1. The predicted molar refractivity (Wildman–Crippen MR) is 128 cm³/mol. The Balaban J connectivity index is 3.00. The molecule has 0 radical (unpaired) electrons. The van der Waals surface area contributed by atoms with Gasteiger partial charge in [-0.25, -0.2) is 0 Å². The quantitative estimate of drug-likeness (QED) is 0.397. The van der Waals surface area contributed by atoms with Crippen LogP contribution in [0.4, 0.5) is 0 Å². The molecule has 1 aliphatic rings. The zero-order chi connectivity index (χ0) is 23.9. The van der Waals surface area contributed by atoms with E-state index in [4.69, 9.17) is 4.74 Å². The summed E-state index contributed by atoms with van der Waals surface area (Å²) in [6.07, 6.45) is 13.3. The zero-order valence-electron chi connectivity index (χ0n) is 20.6. The van der Waals surface area contributed by atoms with E-state index in [0.29, 0.717) is 25.5 Å². The summed E-state index contributed by atoms with van der Waals surface area (Å²) >= 11 is 0. The molecule has 0 aromatic heterocycles. The van der Waals surface area contributed by atoms with Gasteiger partial charge >= 0.3 is 0 Å². The normalized spacial score (nSPS) is 31.7. The standard InChI is InChI=1S/C27H44O5/c1-5-6-7-8-9-23-12-10-20(2)11-13-26(30)21(3)16-25(32-15-14-28)17-22(4)27(31)19-24(29)18-23/h10-11,13-14,21-23,25,27,31H,5-9,12,15-19H2,1-4H3/b13-11-,20-10-. The van der Waals surface area contributed by atoms with Crippen molar-refractivity contribution in [3.8, 4) is 0 Å². The van der Waals surface area contributed by atoms with Crippen LogP contribution < -0.4 is 0 Å². The maximum Gasteiger partial charge on any atom is 0.158 e. The average molecular weight is 449 g/mol. The fraction of sp³-hybridized carbons (Fsp3) is 0.741. The van der Waals surface area contributed by atoms with Crippen LogP contribution in [0.5, 0.6) is 0 Å². The van der Waals surface area contributed by atoms with E-state index in [1.54, 1.807) is 6.08 Å². The second kappa shape index (κ2) is 16.1. The van der Waals surface area contributed by atoms with Gasteiger partial charge in [-0.2, -0.15) is 0 Å². The van der Waals surface area contributed by atoms with Gasteiger partial charge in [-0.1, -0.05) is 64.2 Å².